The lowest BCUT2D eigenvalue weighted by Gasteiger charge is -2.35. The Morgan fingerprint density at radius 1 is 1.31 bits per heavy atom. The van der Waals surface area contributed by atoms with Crippen LogP contribution in [0.2, 0.25) is 0 Å². The molecule has 3 fully saturated rings. The normalized spacial score (nSPS) is 36.8. The second kappa shape index (κ2) is 6.37. The van der Waals surface area contributed by atoms with Crippen LogP contribution in [0.5, 0.6) is 0 Å². The molecule has 0 spiro atoms. The van der Waals surface area contributed by atoms with Gasteiger partial charge in [0.25, 0.3) is 10.1 Å². The summed E-state index contributed by atoms with van der Waals surface area (Å²) in [6.07, 6.45) is 0.563. The molecule has 1 N–H and O–H groups in total. The third-order valence-corrected chi connectivity index (χ3v) is 8.04. The molecule has 0 aromatic carbocycles. The minimum absolute atomic E-state index is 0.0197. The summed E-state index contributed by atoms with van der Waals surface area (Å²) in [6, 6.07) is 0. The Kier molecular flexibility index (Phi) is 4.75. The van der Waals surface area contributed by atoms with E-state index >= 15 is 0 Å². The highest BCUT2D eigenvalue weighted by Gasteiger charge is 2.70. The molecule has 1 heterocycles. The molecule has 5 unspecified atom stereocenters. The fraction of sp³-hybridized carbons (Fsp3) is 0.882. The number of hydrogen-bond donors (Lipinski definition) is 1. The van der Waals surface area contributed by atoms with Gasteiger partial charge in [0.2, 0.25) is 0 Å². The number of fused-ring (bicyclic) bond motifs is 1. The zero-order chi connectivity index (χ0) is 19.3. The van der Waals surface area contributed by atoms with Crippen LogP contribution in [0, 0.1) is 17.3 Å². The molecule has 1 aliphatic heterocycles. The van der Waals surface area contributed by atoms with E-state index in [9.17, 15) is 18.0 Å². The lowest BCUT2D eigenvalue weighted by molar-refractivity contribution is -0.154. The van der Waals surface area contributed by atoms with Gasteiger partial charge in [-0.15, -0.1) is 0 Å². The van der Waals surface area contributed by atoms with Gasteiger partial charge in [0.05, 0.1) is 17.2 Å². The summed E-state index contributed by atoms with van der Waals surface area (Å²) in [4.78, 5) is 24.0. The van der Waals surface area contributed by atoms with Crippen molar-refractivity contribution < 1.29 is 31.7 Å². The molecular weight excluding hydrogens is 362 g/mol. The summed E-state index contributed by atoms with van der Waals surface area (Å²) in [7, 11) is -3.55. The predicted octanol–water partition coefficient (Wildman–Crippen LogP) is 1.59. The van der Waals surface area contributed by atoms with Crippen molar-refractivity contribution in [1.29, 1.82) is 0 Å². The molecule has 2 aliphatic carbocycles. The van der Waals surface area contributed by atoms with Crippen molar-refractivity contribution in [3.05, 3.63) is 0 Å². The third kappa shape index (κ3) is 3.09. The van der Waals surface area contributed by atoms with Gasteiger partial charge in [0, 0.05) is 11.8 Å². The van der Waals surface area contributed by atoms with Crippen LogP contribution in [0.3, 0.4) is 0 Å². The van der Waals surface area contributed by atoms with Gasteiger partial charge >= 0.3 is 12.1 Å². The third-order valence-electron chi connectivity index (χ3n) is 6.28. The van der Waals surface area contributed by atoms with Crippen LogP contribution in [0.4, 0.5) is 4.79 Å². The van der Waals surface area contributed by atoms with E-state index in [1.54, 1.807) is 20.8 Å². The molecule has 0 aromatic heterocycles. The van der Waals surface area contributed by atoms with Crippen molar-refractivity contribution in [1.82, 2.24) is 5.32 Å². The van der Waals surface area contributed by atoms with Crippen LogP contribution in [0.25, 0.3) is 0 Å². The number of carbonyl (C=O) groups excluding carboxylic acids is 2. The molecular formula is C17H27NO7S. The van der Waals surface area contributed by atoms with E-state index in [0.29, 0.717) is 19.3 Å². The van der Waals surface area contributed by atoms with E-state index in [-0.39, 0.29) is 31.0 Å². The Morgan fingerprint density at radius 2 is 2.00 bits per heavy atom. The van der Waals surface area contributed by atoms with E-state index in [2.05, 4.69) is 5.32 Å². The summed E-state index contributed by atoms with van der Waals surface area (Å²) in [5.74, 6) is -0.431. The molecule has 2 bridgehead atoms. The molecule has 1 saturated heterocycles. The summed E-state index contributed by atoms with van der Waals surface area (Å²) >= 11 is 0. The van der Waals surface area contributed by atoms with Crippen LogP contribution < -0.4 is 5.32 Å². The molecule has 1 amide bonds. The number of carbonyl (C=O) groups is 2. The highest BCUT2D eigenvalue weighted by atomic mass is 32.2. The largest absolute Gasteiger partial charge is 0.463 e. The molecule has 0 aromatic rings. The van der Waals surface area contributed by atoms with Gasteiger partial charge in [-0.05, 0) is 40.0 Å². The molecule has 5 atom stereocenters. The molecule has 9 heteroatoms. The number of amides is 1. The van der Waals surface area contributed by atoms with Gasteiger partial charge in [-0.2, -0.15) is 8.42 Å². The van der Waals surface area contributed by atoms with Crippen LogP contribution in [-0.2, 0) is 28.6 Å². The summed E-state index contributed by atoms with van der Waals surface area (Å²) in [5, 5.41) is 2.09. The fourth-order valence-corrected chi connectivity index (χ4v) is 6.12. The fourth-order valence-electron chi connectivity index (χ4n) is 4.20. The molecule has 148 valence electrons. The molecule has 3 aliphatic rings. The van der Waals surface area contributed by atoms with E-state index < -0.39 is 38.6 Å². The smallest absolute Gasteiger partial charge is 0.407 e. The highest BCUT2D eigenvalue weighted by molar-refractivity contribution is 7.87. The second-order valence-electron chi connectivity index (χ2n) is 8.25. The SMILES string of the molecule is CCC(C)(C)C(=O)OCCNC(=O)OC1(C)C2CC3C1OS(=O)(=O)C3C2. The van der Waals surface area contributed by atoms with Crippen molar-refractivity contribution in [2.75, 3.05) is 13.2 Å². The van der Waals surface area contributed by atoms with Crippen molar-refractivity contribution in [3.63, 3.8) is 0 Å². The molecule has 8 nitrogen and oxygen atoms in total. The van der Waals surface area contributed by atoms with E-state index in [1.807, 2.05) is 6.92 Å². The molecule has 3 rings (SSSR count). The lowest BCUT2D eigenvalue weighted by Crippen LogP contribution is -2.50. The van der Waals surface area contributed by atoms with Crippen molar-refractivity contribution in [2.45, 2.75) is 63.9 Å². The predicted molar refractivity (Wildman–Crippen MR) is 91.7 cm³/mol. The van der Waals surface area contributed by atoms with Gasteiger partial charge in [-0.25, -0.2) is 4.79 Å². The maximum Gasteiger partial charge on any atom is 0.407 e. The minimum atomic E-state index is -3.55. The Balaban J connectivity index is 1.48. The van der Waals surface area contributed by atoms with Gasteiger partial charge in [-0.3, -0.25) is 8.98 Å². The summed E-state index contributed by atoms with van der Waals surface area (Å²) < 4.78 is 40.0. The van der Waals surface area contributed by atoms with Crippen LogP contribution in [0.1, 0.15) is 47.0 Å². The number of rotatable bonds is 6. The number of nitrogens with one attached hydrogen (secondary N) is 1. The second-order valence-corrected chi connectivity index (χ2v) is 10.0. The van der Waals surface area contributed by atoms with Gasteiger partial charge in [0.15, 0.2) is 0 Å². The first-order valence-electron chi connectivity index (χ1n) is 9.07. The van der Waals surface area contributed by atoms with Crippen LogP contribution in [0.15, 0.2) is 0 Å². The lowest BCUT2D eigenvalue weighted by atomic mass is 9.83. The maximum atomic E-state index is 12.1. The van der Waals surface area contributed by atoms with Gasteiger partial charge in [0.1, 0.15) is 18.3 Å². The zero-order valence-electron chi connectivity index (χ0n) is 15.6. The van der Waals surface area contributed by atoms with E-state index in [1.165, 1.54) is 0 Å². The van der Waals surface area contributed by atoms with Gasteiger partial charge < -0.3 is 14.8 Å². The van der Waals surface area contributed by atoms with Crippen molar-refractivity contribution in [2.24, 2.45) is 17.3 Å². The summed E-state index contributed by atoms with van der Waals surface area (Å²) in [5.41, 5.74) is -1.51. The molecule has 2 saturated carbocycles. The standard InChI is InChI=1S/C17H27NO7S/c1-5-16(2,3)14(19)23-7-6-18-15(20)24-17(4)10-8-11-12(9-10)26(21,22)25-13(11)17/h10-13H,5-9H2,1-4H3,(H,18,20). The van der Waals surface area contributed by atoms with E-state index in [4.69, 9.17) is 13.7 Å². The van der Waals surface area contributed by atoms with Crippen LogP contribution >= 0.6 is 0 Å². The van der Waals surface area contributed by atoms with Crippen molar-refractivity contribution >= 4 is 22.2 Å². The quantitative estimate of drug-likeness (QED) is 0.417. The molecule has 0 radical (unpaired) electrons. The Bertz CT molecular complexity index is 704. The first-order valence-corrected chi connectivity index (χ1v) is 10.5. The highest BCUT2D eigenvalue weighted by Crippen LogP contribution is 2.60. The first kappa shape index (κ1) is 19.4. The topological polar surface area (TPSA) is 108 Å². The zero-order valence-corrected chi connectivity index (χ0v) is 16.4. The van der Waals surface area contributed by atoms with Crippen molar-refractivity contribution in [3.8, 4) is 0 Å². The number of alkyl carbamates (subject to hydrolysis) is 1. The monoisotopic (exact) mass is 389 g/mol. The average Bonchev–Trinajstić information content (AvgIpc) is 3.16. The Hall–Kier alpha value is -1.35. The Labute approximate surface area is 154 Å². The van der Waals surface area contributed by atoms with Gasteiger partial charge in [-0.1, -0.05) is 6.92 Å². The van der Waals surface area contributed by atoms with E-state index in [0.717, 1.165) is 0 Å². The number of esters is 1. The van der Waals surface area contributed by atoms with Crippen LogP contribution in [-0.4, -0.2) is 50.6 Å². The molecule has 26 heavy (non-hydrogen) atoms. The number of hydrogen-bond acceptors (Lipinski definition) is 7. The maximum absolute atomic E-state index is 12.1. The minimum Gasteiger partial charge on any atom is -0.463 e. The first-order chi connectivity index (χ1) is 12.0. The summed E-state index contributed by atoms with van der Waals surface area (Å²) in [6.45, 7) is 7.43. The number of ether oxygens (including phenoxy) is 2. The Morgan fingerprint density at radius 3 is 2.65 bits per heavy atom. The average molecular weight is 389 g/mol.